The number of carbonyl (C=O) groups is 1. The van der Waals surface area contributed by atoms with E-state index in [2.05, 4.69) is 45.3 Å². The molecule has 0 radical (unpaired) electrons. The van der Waals surface area contributed by atoms with Crippen LogP contribution >= 0.6 is 0 Å². The first-order valence-corrected chi connectivity index (χ1v) is 8.45. The molecule has 1 aromatic carbocycles. The van der Waals surface area contributed by atoms with Crippen molar-refractivity contribution in [2.24, 2.45) is 5.73 Å². The Balaban J connectivity index is 0.00000232. The van der Waals surface area contributed by atoms with Crippen molar-refractivity contribution in [2.75, 3.05) is 18.4 Å². The van der Waals surface area contributed by atoms with E-state index >= 15 is 0 Å². The van der Waals surface area contributed by atoms with Gasteiger partial charge in [0.15, 0.2) is 0 Å². The van der Waals surface area contributed by atoms with E-state index in [1.54, 1.807) is 13.8 Å². The van der Waals surface area contributed by atoms with Crippen LogP contribution in [0.2, 0.25) is 0 Å². The Morgan fingerprint density at radius 1 is 0.870 bits per heavy atom. The number of hydrogen-bond acceptors (Lipinski definition) is 3. The molecular formula is C19H35N3O. The molecule has 0 aliphatic heterocycles. The maximum Gasteiger partial charge on any atom is 0.237 e. The van der Waals surface area contributed by atoms with E-state index in [-0.39, 0.29) is 5.91 Å². The fourth-order valence-electron chi connectivity index (χ4n) is 2.41. The monoisotopic (exact) mass is 321 g/mol. The van der Waals surface area contributed by atoms with Crippen molar-refractivity contribution in [2.45, 2.75) is 67.9 Å². The predicted octanol–water partition coefficient (Wildman–Crippen LogP) is 3.52. The van der Waals surface area contributed by atoms with Crippen molar-refractivity contribution in [3.8, 4) is 0 Å². The predicted molar refractivity (Wildman–Crippen MR) is 101 cm³/mol. The van der Waals surface area contributed by atoms with E-state index in [0.717, 1.165) is 6.54 Å². The number of carbonyl (C=O) groups excluding carboxylic acids is 1. The van der Waals surface area contributed by atoms with Crippen molar-refractivity contribution in [1.29, 1.82) is 0 Å². The molecule has 1 amide bonds. The summed E-state index contributed by atoms with van der Waals surface area (Å²) >= 11 is 0. The van der Waals surface area contributed by atoms with Crippen LogP contribution in [0.4, 0.5) is 5.69 Å². The van der Waals surface area contributed by atoms with Crippen LogP contribution in [-0.2, 0) is 4.79 Å². The molecule has 0 heterocycles. The van der Waals surface area contributed by atoms with E-state index in [1.165, 1.54) is 33.5 Å². The Morgan fingerprint density at radius 2 is 1.26 bits per heavy atom. The van der Waals surface area contributed by atoms with Crippen molar-refractivity contribution in [3.05, 3.63) is 27.8 Å². The van der Waals surface area contributed by atoms with Crippen LogP contribution in [0.1, 0.15) is 55.5 Å². The van der Waals surface area contributed by atoms with Crippen LogP contribution in [0.25, 0.3) is 0 Å². The maximum absolute atomic E-state index is 11.3. The number of nitrogens with two attached hydrogens (primary N) is 1. The first kappa shape index (κ1) is 21.4. The van der Waals surface area contributed by atoms with Gasteiger partial charge in [-0.25, -0.2) is 0 Å². The zero-order valence-corrected chi connectivity index (χ0v) is 16.4. The van der Waals surface area contributed by atoms with Gasteiger partial charge in [-0.1, -0.05) is 13.8 Å². The molecule has 4 heteroatoms. The van der Waals surface area contributed by atoms with Gasteiger partial charge in [0.1, 0.15) is 0 Å². The number of hydrogen-bond donors (Lipinski definition) is 3. The number of rotatable bonds is 6. The van der Waals surface area contributed by atoms with Gasteiger partial charge in [-0.3, -0.25) is 4.79 Å². The van der Waals surface area contributed by atoms with E-state index < -0.39 is 5.54 Å². The lowest BCUT2D eigenvalue weighted by Crippen LogP contribution is -2.51. The Bertz CT molecular complexity index is 519. The average molecular weight is 322 g/mol. The fourth-order valence-corrected chi connectivity index (χ4v) is 2.41. The molecular weight excluding hydrogens is 286 g/mol. The third-order valence-corrected chi connectivity index (χ3v) is 4.61. The number of primary amides is 1. The Hall–Kier alpha value is -1.55. The number of amides is 1. The smallest absolute Gasteiger partial charge is 0.237 e. The summed E-state index contributed by atoms with van der Waals surface area (Å²) in [6.07, 6.45) is 0. The highest BCUT2D eigenvalue weighted by Crippen LogP contribution is 2.29. The molecule has 0 unspecified atom stereocenters. The molecule has 132 valence electrons. The number of benzene rings is 1. The molecule has 23 heavy (non-hydrogen) atoms. The lowest BCUT2D eigenvalue weighted by Gasteiger charge is -2.24. The van der Waals surface area contributed by atoms with Crippen molar-refractivity contribution in [1.82, 2.24) is 5.32 Å². The minimum Gasteiger partial charge on any atom is -0.383 e. The number of nitrogens with one attached hydrogen (secondary N) is 2. The van der Waals surface area contributed by atoms with E-state index in [0.29, 0.717) is 6.54 Å². The zero-order chi connectivity index (χ0) is 18.4. The molecule has 0 spiro atoms. The highest BCUT2D eigenvalue weighted by atomic mass is 16.1. The summed E-state index contributed by atoms with van der Waals surface area (Å²) in [7, 11) is 0. The highest BCUT2D eigenvalue weighted by molar-refractivity contribution is 5.83. The maximum atomic E-state index is 11.3. The lowest BCUT2D eigenvalue weighted by molar-refractivity contribution is -0.123. The minimum absolute atomic E-state index is 0.336. The molecule has 0 aliphatic carbocycles. The van der Waals surface area contributed by atoms with Crippen LogP contribution in [0, 0.1) is 34.6 Å². The second-order valence-corrected chi connectivity index (χ2v) is 6.34. The molecule has 0 fully saturated rings. The summed E-state index contributed by atoms with van der Waals surface area (Å²) in [5.41, 5.74) is 12.5. The van der Waals surface area contributed by atoms with Gasteiger partial charge in [0.25, 0.3) is 0 Å². The van der Waals surface area contributed by atoms with Gasteiger partial charge in [-0.15, -0.1) is 0 Å². The normalized spacial score (nSPS) is 10.8. The van der Waals surface area contributed by atoms with E-state index in [9.17, 15) is 4.79 Å². The van der Waals surface area contributed by atoms with Gasteiger partial charge < -0.3 is 16.4 Å². The summed E-state index contributed by atoms with van der Waals surface area (Å²) in [5, 5.41) is 6.66. The summed E-state index contributed by atoms with van der Waals surface area (Å²) in [5.74, 6) is -0.336. The molecule has 0 saturated heterocycles. The summed E-state index contributed by atoms with van der Waals surface area (Å²) in [4.78, 5) is 11.3. The lowest BCUT2D eigenvalue weighted by atomic mass is 9.93. The van der Waals surface area contributed by atoms with Gasteiger partial charge >= 0.3 is 0 Å². The van der Waals surface area contributed by atoms with Crippen LogP contribution in [0.5, 0.6) is 0 Å². The quantitative estimate of drug-likeness (QED) is 0.702. The molecule has 0 atom stereocenters. The topological polar surface area (TPSA) is 67.2 Å². The first-order chi connectivity index (χ1) is 10.6. The first-order valence-electron chi connectivity index (χ1n) is 8.45. The average Bonchev–Trinajstić information content (AvgIpc) is 2.52. The van der Waals surface area contributed by atoms with Gasteiger partial charge in [-0.2, -0.15) is 0 Å². The van der Waals surface area contributed by atoms with E-state index in [1.807, 2.05) is 13.8 Å². The second kappa shape index (κ2) is 8.92. The minimum atomic E-state index is -0.676. The second-order valence-electron chi connectivity index (χ2n) is 6.34. The summed E-state index contributed by atoms with van der Waals surface area (Å²) in [6, 6.07) is 0. The standard InChI is InChI=1S/C17H29N3O.C2H6/c1-10-11(2)13(4)15(14(5)12(10)3)19-8-9-20-17(6,7)16(18)21;1-2/h19-20H,8-9H2,1-7H3,(H2,18,21);1-2H3. The molecule has 0 aromatic heterocycles. The van der Waals surface area contributed by atoms with Crippen molar-refractivity contribution in [3.63, 3.8) is 0 Å². The van der Waals surface area contributed by atoms with Gasteiger partial charge in [0.2, 0.25) is 5.91 Å². The van der Waals surface area contributed by atoms with E-state index in [4.69, 9.17) is 5.73 Å². The highest BCUT2D eigenvalue weighted by Gasteiger charge is 2.23. The SMILES string of the molecule is CC.Cc1c(C)c(C)c(NCCNC(C)(C)C(N)=O)c(C)c1C. The molecule has 0 aliphatic rings. The zero-order valence-electron chi connectivity index (χ0n) is 16.4. The summed E-state index contributed by atoms with van der Waals surface area (Å²) < 4.78 is 0. The third kappa shape index (κ3) is 5.24. The van der Waals surface area contributed by atoms with Gasteiger partial charge in [0, 0.05) is 18.8 Å². The van der Waals surface area contributed by atoms with Gasteiger partial charge in [-0.05, 0) is 76.3 Å². The van der Waals surface area contributed by atoms with Crippen LogP contribution in [-0.4, -0.2) is 24.5 Å². The van der Waals surface area contributed by atoms with Crippen molar-refractivity contribution >= 4 is 11.6 Å². The molecule has 0 bridgehead atoms. The number of anilines is 1. The van der Waals surface area contributed by atoms with Crippen molar-refractivity contribution < 1.29 is 4.79 Å². The molecule has 1 rings (SSSR count). The van der Waals surface area contributed by atoms with Crippen LogP contribution in [0.15, 0.2) is 0 Å². The Morgan fingerprint density at radius 3 is 1.65 bits per heavy atom. The van der Waals surface area contributed by atoms with Crippen LogP contribution in [0.3, 0.4) is 0 Å². The van der Waals surface area contributed by atoms with Gasteiger partial charge in [0.05, 0.1) is 5.54 Å². The van der Waals surface area contributed by atoms with Crippen LogP contribution < -0.4 is 16.4 Å². The largest absolute Gasteiger partial charge is 0.383 e. The Labute approximate surface area is 142 Å². The third-order valence-electron chi connectivity index (χ3n) is 4.61. The molecule has 4 nitrogen and oxygen atoms in total. The summed E-state index contributed by atoms with van der Waals surface area (Å²) in [6.45, 7) is 19.8. The Kier molecular flexibility index (Phi) is 8.32. The molecule has 1 aromatic rings. The molecule has 4 N–H and O–H groups in total. The molecule has 0 saturated carbocycles. The fraction of sp³-hybridized carbons (Fsp3) is 0.632.